The highest BCUT2D eigenvalue weighted by molar-refractivity contribution is 7.12. The Hall–Kier alpha value is -0.870. The van der Waals surface area contributed by atoms with Crippen LogP contribution in [0.1, 0.15) is 49.4 Å². The molecule has 0 saturated carbocycles. The molecule has 4 heteroatoms. The minimum Gasteiger partial charge on any atom is -0.343 e. The molecule has 0 spiro atoms. The van der Waals surface area contributed by atoms with Crippen molar-refractivity contribution in [2.45, 2.75) is 52.1 Å². The molecule has 1 fully saturated rings. The number of piperidine rings is 1. The summed E-state index contributed by atoms with van der Waals surface area (Å²) in [6.45, 7) is 7.89. The molecule has 0 aromatic carbocycles. The number of amides is 1. The zero-order valence-electron chi connectivity index (χ0n) is 12.1. The first-order valence-corrected chi connectivity index (χ1v) is 8.02. The Kier molecular flexibility index (Phi) is 4.99. The molecule has 3 nitrogen and oxygen atoms in total. The Balaban J connectivity index is 1.83. The maximum absolute atomic E-state index is 11.3. The highest BCUT2D eigenvalue weighted by Gasteiger charge is 2.22. The Morgan fingerprint density at radius 1 is 1.47 bits per heavy atom. The quantitative estimate of drug-likeness (QED) is 0.919. The third kappa shape index (κ3) is 3.80. The van der Waals surface area contributed by atoms with Gasteiger partial charge in [-0.05, 0) is 38.3 Å². The summed E-state index contributed by atoms with van der Waals surface area (Å²) in [7, 11) is 0. The van der Waals surface area contributed by atoms with Gasteiger partial charge in [-0.15, -0.1) is 11.3 Å². The van der Waals surface area contributed by atoms with Crippen LogP contribution >= 0.6 is 11.3 Å². The lowest BCUT2D eigenvalue weighted by molar-refractivity contribution is -0.129. The number of aryl methyl sites for hydroxylation is 1. The van der Waals surface area contributed by atoms with E-state index in [1.807, 2.05) is 16.2 Å². The molecule has 19 heavy (non-hydrogen) atoms. The first kappa shape index (κ1) is 14.5. The molecular formula is C15H24N2OS. The summed E-state index contributed by atoms with van der Waals surface area (Å²) in [6.07, 6.45) is 3.25. The fourth-order valence-corrected chi connectivity index (χ4v) is 3.58. The molecule has 1 amide bonds. The molecule has 0 aliphatic carbocycles. The van der Waals surface area contributed by atoms with Crippen molar-refractivity contribution in [1.29, 1.82) is 0 Å². The minimum atomic E-state index is 0.206. The van der Waals surface area contributed by atoms with Crippen molar-refractivity contribution in [3.63, 3.8) is 0 Å². The second-order valence-corrected chi connectivity index (χ2v) is 6.53. The van der Waals surface area contributed by atoms with Crippen LogP contribution in [-0.4, -0.2) is 29.9 Å². The van der Waals surface area contributed by atoms with Gasteiger partial charge in [0.15, 0.2) is 0 Å². The number of nitrogens with one attached hydrogen (secondary N) is 1. The number of carbonyl (C=O) groups excluding carboxylic acids is 1. The maximum Gasteiger partial charge on any atom is 0.219 e. The van der Waals surface area contributed by atoms with Gasteiger partial charge in [-0.25, -0.2) is 0 Å². The SMILES string of the molecule is CCc1ccc(C(C)NC2CCN(C(C)=O)CC2)s1. The van der Waals surface area contributed by atoms with Gasteiger partial charge in [0.1, 0.15) is 0 Å². The number of carbonyl (C=O) groups is 1. The molecule has 1 aliphatic heterocycles. The Morgan fingerprint density at radius 3 is 2.68 bits per heavy atom. The first-order chi connectivity index (χ1) is 9.10. The van der Waals surface area contributed by atoms with Crippen LogP contribution in [-0.2, 0) is 11.2 Å². The highest BCUT2D eigenvalue weighted by atomic mass is 32.1. The molecule has 1 saturated heterocycles. The zero-order chi connectivity index (χ0) is 13.8. The average Bonchev–Trinajstić information content (AvgIpc) is 2.88. The third-order valence-electron chi connectivity index (χ3n) is 3.88. The van der Waals surface area contributed by atoms with E-state index in [1.165, 1.54) is 9.75 Å². The molecule has 1 atom stereocenters. The molecular weight excluding hydrogens is 256 g/mol. The van der Waals surface area contributed by atoms with Gasteiger partial charge in [0, 0.05) is 41.9 Å². The molecule has 1 aliphatic rings. The predicted molar refractivity (Wildman–Crippen MR) is 80.5 cm³/mol. The Bertz CT molecular complexity index is 422. The number of rotatable bonds is 4. The van der Waals surface area contributed by atoms with Crippen LogP contribution in [0.5, 0.6) is 0 Å². The van der Waals surface area contributed by atoms with E-state index in [2.05, 4.69) is 31.3 Å². The smallest absolute Gasteiger partial charge is 0.219 e. The average molecular weight is 280 g/mol. The van der Waals surface area contributed by atoms with Crippen LogP contribution in [0.3, 0.4) is 0 Å². The van der Waals surface area contributed by atoms with Gasteiger partial charge in [-0.3, -0.25) is 4.79 Å². The molecule has 1 unspecified atom stereocenters. The maximum atomic E-state index is 11.3. The summed E-state index contributed by atoms with van der Waals surface area (Å²) in [5.74, 6) is 0.206. The normalized spacial score (nSPS) is 18.6. The molecule has 0 radical (unpaired) electrons. The predicted octanol–water partition coefficient (Wildman–Crippen LogP) is 2.97. The summed E-state index contributed by atoms with van der Waals surface area (Å²) in [4.78, 5) is 16.1. The van der Waals surface area contributed by atoms with Crippen LogP contribution in [0.2, 0.25) is 0 Å². The molecule has 1 aromatic heterocycles. The zero-order valence-corrected chi connectivity index (χ0v) is 12.9. The topological polar surface area (TPSA) is 32.3 Å². The van der Waals surface area contributed by atoms with Crippen LogP contribution < -0.4 is 5.32 Å². The van der Waals surface area contributed by atoms with E-state index in [1.54, 1.807) is 6.92 Å². The Labute approximate surface area is 120 Å². The summed E-state index contributed by atoms with van der Waals surface area (Å²) in [5, 5.41) is 3.70. The number of nitrogens with zero attached hydrogens (tertiary/aromatic N) is 1. The minimum absolute atomic E-state index is 0.206. The fraction of sp³-hybridized carbons (Fsp3) is 0.667. The lowest BCUT2D eigenvalue weighted by Crippen LogP contribution is -2.44. The van der Waals surface area contributed by atoms with E-state index in [0.29, 0.717) is 12.1 Å². The van der Waals surface area contributed by atoms with Gasteiger partial charge in [-0.2, -0.15) is 0 Å². The second kappa shape index (κ2) is 6.53. The third-order valence-corrected chi connectivity index (χ3v) is 5.30. The molecule has 106 valence electrons. The monoisotopic (exact) mass is 280 g/mol. The number of hydrogen-bond acceptors (Lipinski definition) is 3. The molecule has 1 aromatic rings. The van der Waals surface area contributed by atoms with Crippen molar-refractivity contribution in [2.24, 2.45) is 0 Å². The van der Waals surface area contributed by atoms with Gasteiger partial charge in [0.2, 0.25) is 5.91 Å². The number of hydrogen-bond donors (Lipinski definition) is 1. The van der Waals surface area contributed by atoms with Crippen molar-refractivity contribution >= 4 is 17.2 Å². The van der Waals surface area contributed by atoms with Crippen molar-refractivity contribution in [3.05, 3.63) is 21.9 Å². The molecule has 2 heterocycles. The Morgan fingerprint density at radius 2 is 2.16 bits per heavy atom. The summed E-state index contributed by atoms with van der Waals surface area (Å²) in [6, 6.07) is 5.43. The number of likely N-dealkylation sites (tertiary alicyclic amines) is 1. The fourth-order valence-electron chi connectivity index (χ4n) is 2.61. The molecule has 1 N–H and O–H groups in total. The van der Waals surface area contributed by atoms with E-state index in [0.717, 1.165) is 32.4 Å². The number of thiophene rings is 1. The molecule has 2 rings (SSSR count). The van der Waals surface area contributed by atoms with Crippen molar-refractivity contribution in [3.8, 4) is 0 Å². The van der Waals surface area contributed by atoms with Gasteiger partial charge >= 0.3 is 0 Å². The van der Waals surface area contributed by atoms with Gasteiger partial charge < -0.3 is 10.2 Å². The van der Waals surface area contributed by atoms with Crippen molar-refractivity contribution < 1.29 is 4.79 Å². The van der Waals surface area contributed by atoms with Crippen LogP contribution in [0.4, 0.5) is 0 Å². The standard InChI is InChI=1S/C15H24N2OS/c1-4-14-5-6-15(19-14)11(2)16-13-7-9-17(10-8-13)12(3)18/h5-6,11,13,16H,4,7-10H2,1-3H3. The van der Waals surface area contributed by atoms with Gasteiger partial charge in [0.25, 0.3) is 0 Å². The first-order valence-electron chi connectivity index (χ1n) is 7.20. The van der Waals surface area contributed by atoms with Gasteiger partial charge in [0.05, 0.1) is 0 Å². The van der Waals surface area contributed by atoms with Crippen molar-refractivity contribution in [2.75, 3.05) is 13.1 Å². The lowest BCUT2D eigenvalue weighted by atomic mass is 10.0. The summed E-state index contributed by atoms with van der Waals surface area (Å²) < 4.78 is 0. The van der Waals surface area contributed by atoms with Gasteiger partial charge in [-0.1, -0.05) is 6.92 Å². The molecule has 0 bridgehead atoms. The van der Waals surface area contributed by atoms with Crippen molar-refractivity contribution in [1.82, 2.24) is 10.2 Å². The summed E-state index contributed by atoms with van der Waals surface area (Å²) in [5.41, 5.74) is 0. The van der Waals surface area contributed by atoms with E-state index < -0.39 is 0 Å². The van der Waals surface area contributed by atoms with Crippen LogP contribution in [0, 0.1) is 0 Å². The lowest BCUT2D eigenvalue weighted by Gasteiger charge is -2.33. The highest BCUT2D eigenvalue weighted by Crippen LogP contribution is 2.25. The van der Waals surface area contributed by atoms with Crippen LogP contribution in [0.25, 0.3) is 0 Å². The van der Waals surface area contributed by atoms with E-state index in [-0.39, 0.29) is 5.91 Å². The second-order valence-electron chi connectivity index (χ2n) is 5.33. The van der Waals surface area contributed by atoms with E-state index in [9.17, 15) is 4.79 Å². The van der Waals surface area contributed by atoms with E-state index in [4.69, 9.17) is 0 Å². The van der Waals surface area contributed by atoms with Crippen LogP contribution in [0.15, 0.2) is 12.1 Å². The largest absolute Gasteiger partial charge is 0.343 e. The summed E-state index contributed by atoms with van der Waals surface area (Å²) >= 11 is 1.91. The van der Waals surface area contributed by atoms with E-state index >= 15 is 0 Å².